The molecule has 0 aliphatic carbocycles. The van der Waals surface area contributed by atoms with E-state index in [-0.39, 0.29) is 0 Å². The lowest BCUT2D eigenvalue weighted by Gasteiger charge is -2.02. The van der Waals surface area contributed by atoms with Gasteiger partial charge in [-0.2, -0.15) is 0 Å². The molecule has 2 aromatic carbocycles. The SMILES string of the molecule is CCOc1ccc(C=Nc2cc(Cl)cc(Cl)c2)cc1. The Morgan fingerprint density at radius 2 is 1.68 bits per heavy atom. The summed E-state index contributed by atoms with van der Waals surface area (Å²) in [5.74, 6) is 0.852. The molecule has 0 unspecified atom stereocenters. The van der Waals surface area contributed by atoms with Gasteiger partial charge in [0.2, 0.25) is 0 Å². The maximum absolute atomic E-state index is 5.91. The Labute approximate surface area is 122 Å². The van der Waals surface area contributed by atoms with Crippen LogP contribution in [0, 0.1) is 0 Å². The number of benzene rings is 2. The molecule has 0 amide bonds. The van der Waals surface area contributed by atoms with E-state index in [1.807, 2.05) is 31.2 Å². The molecular weight excluding hydrogens is 281 g/mol. The van der Waals surface area contributed by atoms with Crippen molar-refractivity contribution >= 4 is 35.1 Å². The van der Waals surface area contributed by atoms with Crippen LogP contribution in [-0.4, -0.2) is 12.8 Å². The summed E-state index contributed by atoms with van der Waals surface area (Å²) in [7, 11) is 0. The second-order valence-electron chi connectivity index (χ2n) is 3.89. The third-order valence-corrected chi connectivity index (χ3v) is 2.84. The molecular formula is C15H13Cl2NO. The molecule has 0 aliphatic heterocycles. The number of halogens is 2. The molecule has 0 bridgehead atoms. The summed E-state index contributed by atoms with van der Waals surface area (Å²) in [6.07, 6.45) is 1.76. The first-order chi connectivity index (χ1) is 9.17. The molecule has 4 heteroatoms. The van der Waals surface area contributed by atoms with Gasteiger partial charge in [-0.15, -0.1) is 0 Å². The van der Waals surface area contributed by atoms with Gasteiger partial charge < -0.3 is 4.74 Å². The van der Waals surface area contributed by atoms with Crippen LogP contribution in [0.4, 0.5) is 5.69 Å². The van der Waals surface area contributed by atoms with E-state index in [4.69, 9.17) is 27.9 Å². The van der Waals surface area contributed by atoms with E-state index >= 15 is 0 Å². The van der Waals surface area contributed by atoms with E-state index in [0.29, 0.717) is 16.7 Å². The summed E-state index contributed by atoms with van der Waals surface area (Å²) in [4.78, 5) is 4.34. The smallest absolute Gasteiger partial charge is 0.119 e. The lowest BCUT2D eigenvalue weighted by molar-refractivity contribution is 0.340. The van der Waals surface area contributed by atoms with Crippen LogP contribution < -0.4 is 4.74 Å². The minimum atomic E-state index is 0.575. The Balaban J connectivity index is 2.13. The zero-order chi connectivity index (χ0) is 13.7. The fourth-order valence-corrected chi connectivity index (χ4v) is 2.09. The van der Waals surface area contributed by atoms with Crippen molar-refractivity contribution in [3.63, 3.8) is 0 Å². The number of hydrogen-bond acceptors (Lipinski definition) is 2. The molecule has 98 valence electrons. The van der Waals surface area contributed by atoms with Crippen LogP contribution >= 0.6 is 23.2 Å². The highest BCUT2D eigenvalue weighted by Crippen LogP contribution is 2.24. The van der Waals surface area contributed by atoms with Crippen LogP contribution in [0.15, 0.2) is 47.5 Å². The summed E-state index contributed by atoms with van der Waals surface area (Å²) in [5.41, 5.74) is 1.71. The summed E-state index contributed by atoms with van der Waals surface area (Å²) in [6, 6.07) is 12.9. The van der Waals surface area contributed by atoms with Gasteiger partial charge in [-0.3, -0.25) is 4.99 Å². The lowest BCUT2D eigenvalue weighted by atomic mass is 10.2. The molecule has 0 spiro atoms. The summed E-state index contributed by atoms with van der Waals surface area (Å²) in [6.45, 7) is 2.62. The first kappa shape index (κ1) is 13.9. The summed E-state index contributed by atoms with van der Waals surface area (Å²) < 4.78 is 5.38. The van der Waals surface area contributed by atoms with Crippen molar-refractivity contribution in [3.05, 3.63) is 58.1 Å². The van der Waals surface area contributed by atoms with Gasteiger partial charge in [0.1, 0.15) is 5.75 Å². The Morgan fingerprint density at radius 3 is 2.26 bits per heavy atom. The van der Waals surface area contributed by atoms with Crippen LogP contribution in [-0.2, 0) is 0 Å². The third kappa shape index (κ3) is 4.27. The molecule has 0 aliphatic rings. The van der Waals surface area contributed by atoms with Gasteiger partial charge in [-0.1, -0.05) is 23.2 Å². The monoisotopic (exact) mass is 293 g/mol. The highest BCUT2D eigenvalue weighted by Gasteiger charge is 1.96. The van der Waals surface area contributed by atoms with Gasteiger partial charge in [-0.05, 0) is 55.0 Å². The van der Waals surface area contributed by atoms with Crippen LogP contribution in [0.3, 0.4) is 0 Å². The van der Waals surface area contributed by atoms with E-state index in [1.165, 1.54) is 0 Å². The van der Waals surface area contributed by atoms with Crippen molar-refractivity contribution in [2.75, 3.05) is 6.61 Å². The van der Waals surface area contributed by atoms with E-state index in [1.54, 1.807) is 24.4 Å². The fraction of sp³-hybridized carbons (Fsp3) is 0.133. The predicted octanol–water partition coefficient (Wildman–Crippen LogP) is 5.14. The van der Waals surface area contributed by atoms with Gasteiger partial charge in [0.15, 0.2) is 0 Å². The van der Waals surface area contributed by atoms with Crippen molar-refractivity contribution in [2.24, 2.45) is 4.99 Å². The number of aliphatic imine (C=N–C) groups is 1. The minimum Gasteiger partial charge on any atom is -0.494 e. The zero-order valence-electron chi connectivity index (χ0n) is 10.4. The number of ether oxygens (including phenoxy) is 1. The molecule has 2 aromatic rings. The Kier molecular flexibility index (Phi) is 4.83. The molecule has 0 N–H and O–H groups in total. The van der Waals surface area contributed by atoms with Crippen LogP contribution in [0.2, 0.25) is 10.0 Å². The lowest BCUT2D eigenvalue weighted by Crippen LogP contribution is -1.91. The Bertz CT molecular complexity index is 559. The highest BCUT2D eigenvalue weighted by molar-refractivity contribution is 6.35. The molecule has 0 aromatic heterocycles. The molecule has 2 rings (SSSR count). The van der Waals surface area contributed by atoms with Gasteiger partial charge in [0.25, 0.3) is 0 Å². The summed E-state index contributed by atoms with van der Waals surface area (Å²) in [5, 5.41) is 1.15. The zero-order valence-corrected chi connectivity index (χ0v) is 11.9. The second kappa shape index (κ2) is 6.60. The topological polar surface area (TPSA) is 21.6 Å². The Hall–Kier alpha value is -1.51. The van der Waals surface area contributed by atoms with Crippen LogP contribution in [0.25, 0.3) is 0 Å². The largest absolute Gasteiger partial charge is 0.494 e. The quantitative estimate of drug-likeness (QED) is 0.715. The predicted molar refractivity (Wildman–Crippen MR) is 81.3 cm³/mol. The van der Waals surface area contributed by atoms with Gasteiger partial charge in [-0.25, -0.2) is 0 Å². The molecule has 0 saturated heterocycles. The number of nitrogens with zero attached hydrogens (tertiary/aromatic N) is 1. The normalized spacial score (nSPS) is 10.9. The van der Waals surface area contributed by atoms with Crippen molar-refractivity contribution in [1.29, 1.82) is 0 Å². The average molecular weight is 294 g/mol. The first-order valence-corrected chi connectivity index (χ1v) is 6.66. The van der Waals surface area contributed by atoms with Gasteiger partial charge >= 0.3 is 0 Å². The van der Waals surface area contributed by atoms with E-state index in [2.05, 4.69) is 4.99 Å². The van der Waals surface area contributed by atoms with Crippen molar-refractivity contribution in [1.82, 2.24) is 0 Å². The molecule has 0 radical (unpaired) electrons. The Morgan fingerprint density at radius 1 is 1.05 bits per heavy atom. The molecule has 0 fully saturated rings. The van der Waals surface area contributed by atoms with Crippen LogP contribution in [0.5, 0.6) is 5.75 Å². The minimum absolute atomic E-state index is 0.575. The van der Waals surface area contributed by atoms with Gasteiger partial charge in [0, 0.05) is 16.3 Å². The van der Waals surface area contributed by atoms with Crippen molar-refractivity contribution in [2.45, 2.75) is 6.92 Å². The second-order valence-corrected chi connectivity index (χ2v) is 4.76. The summed E-state index contributed by atoms with van der Waals surface area (Å²) >= 11 is 11.8. The molecule has 0 heterocycles. The van der Waals surface area contributed by atoms with E-state index in [9.17, 15) is 0 Å². The van der Waals surface area contributed by atoms with E-state index in [0.717, 1.165) is 17.0 Å². The third-order valence-electron chi connectivity index (χ3n) is 2.40. The standard InChI is InChI=1S/C15H13Cl2NO/c1-2-19-15-5-3-11(4-6-15)10-18-14-8-12(16)7-13(17)9-14/h3-10H,2H2,1H3. The van der Waals surface area contributed by atoms with Crippen LogP contribution in [0.1, 0.15) is 12.5 Å². The number of rotatable bonds is 4. The maximum Gasteiger partial charge on any atom is 0.119 e. The number of hydrogen-bond donors (Lipinski definition) is 0. The van der Waals surface area contributed by atoms with Crippen molar-refractivity contribution in [3.8, 4) is 5.75 Å². The molecule has 19 heavy (non-hydrogen) atoms. The first-order valence-electron chi connectivity index (χ1n) is 5.90. The molecule has 0 saturated carbocycles. The van der Waals surface area contributed by atoms with Gasteiger partial charge in [0.05, 0.1) is 12.3 Å². The molecule has 2 nitrogen and oxygen atoms in total. The van der Waals surface area contributed by atoms with Crippen molar-refractivity contribution < 1.29 is 4.74 Å². The van der Waals surface area contributed by atoms with E-state index < -0.39 is 0 Å². The highest BCUT2D eigenvalue weighted by atomic mass is 35.5. The average Bonchev–Trinajstić information content (AvgIpc) is 2.37. The molecule has 0 atom stereocenters. The fourth-order valence-electron chi connectivity index (χ4n) is 1.58. The maximum atomic E-state index is 5.91.